The van der Waals surface area contributed by atoms with Crippen molar-refractivity contribution in [3.63, 3.8) is 0 Å². The molecule has 0 fully saturated rings. The third kappa shape index (κ3) is 1.67. The molecule has 0 aliphatic rings. The van der Waals surface area contributed by atoms with Crippen molar-refractivity contribution in [1.82, 2.24) is 9.55 Å². The van der Waals surface area contributed by atoms with Gasteiger partial charge >= 0.3 is 0 Å². The van der Waals surface area contributed by atoms with Crippen LogP contribution >= 0.6 is 11.6 Å². The molecule has 1 aromatic carbocycles. The summed E-state index contributed by atoms with van der Waals surface area (Å²) in [5.41, 5.74) is 7.24. The van der Waals surface area contributed by atoms with E-state index in [4.69, 9.17) is 22.6 Å². The van der Waals surface area contributed by atoms with Crippen LogP contribution in [0, 0.1) is 11.3 Å². The monoisotopic (exact) mass is 232 g/mol. The number of halogens is 1. The van der Waals surface area contributed by atoms with E-state index >= 15 is 0 Å². The van der Waals surface area contributed by atoms with Crippen LogP contribution in [0.5, 0.6) is 0 Å². The maximum Gasteiger partial charge on any atom is 0.217 e. The van der Waals surface area contributed by atoms with E-state index in [1.54, 1.807) is 23.0 Å². The van der Waals surface area contributed by atoms with E-state index < -0.39 is 0 Å². The molecule has 0 aliphatic carbocycles. The molecule has 2 rings (SSSR count). The minimum atomic E-state index is 0.294. The van der Waals surface area contributed by atoms with E-state index in [9.17, 15) is 0 Å². The third-order valence-corrected chi connectivity index (χ3v) is 2.58. The molecule has 1 heterocycles. The number of hydrogen-bond donors (Lipinski definition) is 1. The third-order valence-electron chi connectivity index (χ3n) is 2.27. The molecule has 2 N–H and O–H groups in total. The molecule has 4 nitrogen and oxygen atoms in total. The van der Waals surface area contributed by atoms with Crippen LogP contribution in [0.1, 0.15) is 11.4 Å². The molecule has 0 aliphatic heterocycles. The summed E-state index contributed by atoms with van der Waals surface area (Å²) >= 11 is 6.11. The SMILES string of the molecule is N#Cc1nccn1-c1c(Cl)cccc1CN. The van der Waals surface area contributed by atoms with Gasteiger partial charge in [0.1, 0.15) is 6.07 Å². The molecular formula is C11H9ClN4. The van der Waals surface area contributed by atoms with Crippen molar-refractivity contribution in [3.05, 3.63) is 47.0 Å². The number of rotatable bonds is 2. The first-order chi connectivity index (χ1) is 7.77. The average molecular weight is 233 g/mol. The smallest absolute Gasteiger partial charge is 0.217 e. The Morgan fingerprint density at radius 1 is 1.50 bits per heavy atom. The molecule has 5 heteroatoms. The van der Waals surface area contributed by atoms with Crippen molar-refractivity contribution in [2.45, 2.75) is 6.54 Å². The summed E-state index contributed by atoms with van der Waals surface area (Å²) in [5, 5.41) is 9.47. The first-order valence-corrected chi connectivity index (χ1v) is 5.07. The molecule has 1 aromatic heterocycles. The van der Waals surface area contributed by atoms with Crippen LogP contribution in [0.4, 0.5) is 0 Å². The van der Waals surface area contributed by atoms with Gasteiger partial charge in [-0.05, 0) is 11.6 Å². The number of nitrogens with zero attached hydrogens (tertiary/aromatic N) is 3. The largest absolute Gasteiger partial charge is 0.326 e. The van der Waals surface area contributed by atoms with Crippen molar-refractivity contribution >= 4 is 11.6 Å². The number of hydrogen-bond acceptors (Lipinski definition) is 3. The van der Waals surface area contributed by atoms with Gasteiger partial charge < -0.3 is 5.73 Å². The fourth-order valence-electron chi connectivity index (χ4n) is 1.56. The fourth-order valence-corrected chi connectivity index (χ4v) is 1.85. The molecular weight excluding hydrogens is 224 g/mol. The molecule has 0 saturated carbocycles. The van der Waals surface area contributed by atoms with Gasteiger partial charge in [-0.2, -0.15) is 5.26 Å². The molecule has 0 bridgehead atoms. The van der Waals surface area contributed by atoms with Gasteiger partial charge in [0.05, 0.1) is 10.7 Å². The maximum atomic E-state index is 8.92. The van der Waals surface area contributed by atoms with Gasteiger partial charge in [0.2, 0.25) is 5.82 Å². The van der Waals surface area contributed by atoms with Gasteiger partial charge in [-0.1, -0.05) is 23.7 Å². The Kier molecular flexibility index (Phi) is 2.91. The Morgan fingerprint density at radius 2 is 2.31 bits per heavy atom. The average Bonchev–Trinajstić information content (AvgIpc) is 2.76. The van der Waals surface area contributed by atoms with Gasteiger partial charge in [0, 0.05) is 18.9 Å². The number of imidazole rings is 1. The lowest BCUT2D eigenvalue weighted by Gasteiger charge is -2.11. The Morgan fingerprint density at radius 3 is 3.00 bits per heavy atom. The number of benzene rings is 1. The standard InChI is InChI=1S/C11H9ClN4/c12-9-3-1-2-8(6-13)11(9)16-5-4-15-10(16)7-14/h1-5H,6,13H2. The molecule has 80 valence electrons. The summed E-state index contributed by atoms with van der Waals surface area (Å²) < 4.78 is 1.64. The molecule has 16 heavy (non-hydrogen) atoms. The van der Waals surface area contributed by atoms with Crippen LogP contribution in [0.25, 0.3) is 5.69 Å². The van der Waals surface area contributed by atoms with Crippen molar-refractivity contribution in [3.8, 4) is 11.8 Å². The minimum Gasteiger partial charge on any atom is -0.326 e. The van der Waals surface area contributed by atoms with Gasteiger partial charge in [-0.25, -0.2) is 4.98 Å². The summed E-state index contributed by atoms with van der Waals surface area (Å²) in [6.07, 6.45) is 3.25. The molecule has 0 unspecified atom stereocenters. The second kappa shape index (κ2) is 4.35. The normalized spacial score (nSPS) is 10.1. The van der Waals surface area contributed by atoms with Crippen molar-refractivity contribution in [2.24, 2.45) is 5.73 Å². The molecule has 0 saturated heterocycles. The van der Waals surface area contributed by atoms with Crippen LogP contribution in [0.3, 0.4) is 0 Å². The first kappa shape index (κ1) is 10.7. The van der Waals surface area contributed by atoms with E-state index in [1.165, 1.54) is 0 Å². The Labute approximate surface area is 97.9 Å². The van der Waals surface area contributed by atoms with Gasteiger partial charge in [-0.3, -0.25) is 4.57 Å². The summed E-state index contributed by atoms with van der Waals surface area (Å²) in [5.74, 6) is 0.294. The molecule has 0 spiro atoms. The van der Waals surface area contributed by atoms with Gasteiger partial charge in [0.15, 0.2) is 0 Å². The number of nitrogens with two attached hydrogens (primary N) is 1. The highest BCUT2D eigenvalue weighted by atomic mass is 35.5. The van der Waals surface area contributed by atoms with E-state index in [0.29, 0.717) is 17.4 Å². The zero-order valence-electron chi connectivity index (χ0n) is 8.39. The lowest BCUT2D eigenvalue weighted by Crippen LogP contribution is -2.06. The first-order valence-electron chi connectivity index (χ1n) is 4.69. The topological polar surface area (TPSA) is 67.6 Å². The van der Waals surface area contributed by atoms with E-state index in [2.05, 4.69) is 4.98 Å². The van der Waals surface area contributed by atoms with Gasteiger partial charge in [0.25, 0.3) is 0 Å². The molecule has 0 atom stereocenters. The predicted molar refractivity (Wildman–Crippen MR) is 61.2 cm³/mol. The van der Waals surface area contributed by atoms with Crippen LogP contribution in [-0.2, 0) is 6.54 Å². The molecule has 0 radical (unpaired) electrons. The van der Waals surface area contributed by atoms with E-state index in [1.807, 2.05) is 18.2 Å². The second-order valence-electron chi connectivity index (χ2n) is 3.18. The van der Waals surface area contributed by atoms with Crippen LogP contribution < -0.4 is 5.73 Å². The summed E-state index contributed by atoms with van der Waals surface area (Å²) in [4.78, 5) is 3.93. The number of aromatic nitrogens is 2. The minimum absolute atomic E-state index is 0.294. The number of para-hydroxylation sites is 1. The van der Waals surface area contributed by atoms with Crippen LogP contribution in [-0.4, -0.2) is 9.55 Å². The molecule has 0 amide bonds. The van der Waals surface area contributed by atoms with Crippen LogP contribution in [0.2, 0.25) is 5.02 Å². The van der Waals surface area contributed by atoms with Crippen LogP contribution in [0.15, 0.2) is 30.6 Å². The Bertz CT molecular complexity index is 553. The van der Waals surface area contributed by atoms with Crippen molar-refractivity contribution < 1.29 is 0 Å². The lowest BCUT2D eigenvalue weighted by atomic mass is 10.1. The Hall–Kier alpha value is -1.83. The predicted octanol–water partition coefficient (Wildman–Crippen LogP) is 1.86. The highest BCUT2D eigenvalue weighted by molar-refractivity contribution is 6.32. The van der Waals surface area contributed by atoms with E-state index in [0.717, 1.165) is 11.3 Å². The molecule has 2 aromatic rings. The zero-order valence-corrected chi connectivity index (χ0v) is 9.15. The van der Waals surface area contributed by atoms with Crippen molar-refractivity contribution in [1.29, 1.82) is 5.26 Å². The maximum absolute atomic E-state index is 8.92. The zero-order chi connectivity index (χ0) is 11.5. The lowest BCUT2D eigenvalue weighted by molar-refractivity contribution is 0.965. The quantitative estimate of drug-likeness (QED) is 0.859. The fraction of sp³-hybridized carbons (Fsp3) is 0.0909. The summed E-state index contributed by atoms with van der Waals surface area (Å²) in [6.45, 7) is 0.360. The number of nitriles is 1. The highest BCUT2D eigenvalue weighted by Gasteiger charge is 2.11. The highest BCUT2D eigenvalue weighted by Crippen LogP contribution is 2.25. The van der Waals surface area contributed by atoms with Gasteiger partial charge in [-0.15, -0.1) is 0 Å². The second-order valence-corrected chi connectivity index (χ2v) is 3.59. The van der Waals surface area contributed by atoms with E-state index in [-0.39, 0.29) is 0 Å². The summed E-state index contributed by atoms with van der Waals surface area (Å²) in [7, 11) is 0. The Balaban J connectivity index is 2.69. The van der Waals surface area contributed by atoms with Crippen molar-refractivity contribution in [2.75, 3.05) is 0 Å². The summed E-state index contributed by atoms with van der Waals surface area (Å²) in [6, 6.07) is 7.47.